The first-order chi connectivity index (χ1) is 14.5. The predicted molar refractivity (Wildman–Crippen MR) is 105 cm³/mol. The molecule has 0 heterocycles. The predicted octanol–water partition coefficient (Wildman–Crippen LogP) is -0.507. The first kappa shape index (κ1) is 20.8. The fraction of sp³-hybridized carbons (Fsp3) is 0.263. The summed E-state index contributed by atoms with van der Waals surface area (Å²) in [6.45, 7) is 0. The molecule has 11 nitrogen and oxygen atoms in total. The van der Waals surface area contributed by atoms with Crippen molar-refractivity contribution in [1.29, 1.82) is 0 Å². The molecule has 0 aliphatic heterocycles. The molecule has 1 aromatic rings. The number of halogens is 1. The Bertz CT molecular complexity index is 1190. The molecule has 12 heteroatoms. The van der Waals surface area contributed by atoms with E-state index >= 15 is 0 Å². The van der Waals surface area contributed by atoms with Gasteiger partial charge in [-0.05, 0) is 18.6 Å². The molecule has 1 saturated carbocycles. The Morgan fingerprint density at radius 3 is 2.39 bits per heavy atom. The molecule has 0 aromatic heterocycles. The third-order valence-electron chi connectivity index (χ3n) is 6.06. The van der Waals surface area contributed by atoms with Crippen molar-refractivity contribution in [3.05, 3.63) is 45.2 Å². The number of hydrazone groups is 1. The van der Waals surface area contributed by atoms with Crippen molar-refractivity contribution < 1.29 is 39.9 Å². The van der Waals surface area contributed by atoms with E-state index in [1.165, 1.54) is 6.07 Å². The number of aliphatic hydroxyl groups excluding tert-OH is 3. The Hall–Kier alpha value is -3.41. The molecule has 9 N–H and O–H groups in total. The minimum Gasteiger partial charge on any atom is -0.507 e. The molecule has 4 atom stereocenters. The number of phenols is 1. The molecule has 1 aromatic carbocycles. The summed E-state index contributed by atoms with van der Waals surface area (Å²) in [4.78, 5) is 38.0. The number of rotatable bonds is 1. The van der Waals surface area contributed by atoms with Gasteiger partial charge >= 0.3 is 0 Å². The second kappa shape index (κ2) is 6.54. The van der Waals surface area contributed by atoms with Gasteiger partial charge in [-0.3, -0.25) is 14.4 Å². The van der Waals surface area contributed by atoms with Crippen molar-refractivity contribution in [3.63, 3.8) is 0 Å². The van der Waals surface area contributed by atoms with Gasteiger partial charge in [-0.1, -0.05) is 11.6 Å². The Labute approximate surface area is 178 Å². The molecule has 1 amide bonds. The smallest absolute Gasteiger partial charge is 0.256 e. The number of carbonyl (C=O) groups excluding carboxylic acids is 3. The van der Waals surface area contributed by atoms with E-state index in [2.05, 4.69) is 5.10 Å². The monoisotopic (exact) mass is 449 g/mol. The average molecular weight is 450 g/mol. The summed E-state index contributed by atoms with van der Waals surface area (Å²) >= 11 is 6.13. The molecular formula is C19H16ClN3O8. The van der Waals surface area contributed by atoms with Crippen LogP contribution in [0.1, 0.15) is 23.7 Å². The van der Waals surface area contributed by atoms with Gasteiger partial charge in [-0.25, -0.2) is 0 Å². The van der Waals surface area contributed by atoms with Crippen LogP contribution in [-0.2, 0) is 14.4 Å². The van der Waals surface area contributed by atoms with Crippen molar-refractivity contribution in [2.24, 2.45) is 28.5 Å². The van der Waals surface area contributed by atoms with Crippen LogP contribution in [0.15, 0.2) is 34.1 Å². The molecule has 0 spiro atoms. The van der Waals surface area contributed by atoms with Crippen LogP contribution in [0, 0.1) is 11.8 Å². The topological polar surface area (TPSA) is 217 Å². The largest absolute Gasteiger partial charge is 0.507 e. The molecule has 31 heavy (non-hydrogen) atoms. The number of ketones is 2. The zero-order valence-corrected chi connectivity index (χ0v) is 16.3. The molecule has 1 fully saturated rings. The molecule has 0 saturated heterocycles. The van der Waals surface area contributed by atoms with E-state index in [1.54, 1.807) is 0 Å². The molecular weight excluding hydrogens is 434 g/mol. The molecule has 162 valence electrons. The van der Waals surface area contributed by atoms with Crippen molar-refractivity contribution in [1.82, 2.24) is 0 Å². The van der Waals surface area contributed by atoms with Crippen LogP contribution in [-0.4, -0.2) is 54.3 Å². The van der Waals surface area contributed by atoms with Crippen molar-refractivity contribution in [2.75, 3.05) is 0 Å². The van der Waals surface area contributed by atoms with Gasteiger partial charge in [0.25, 0.3) is 5.91 Å². The lowest BCUT2D eigenvalue weighted by atomic mass is 9.57. The van der Waals surface area contributed by atoms with Gasteiger partial charge in [0.1, 0.15) is 22.8 Å². The van der Waals surface area contributed by atoms with Gasteiger partial charge in [-0.15, -0.1) is 0 Å². The van der Waals surface area contributed by atoms with Gasteiger partial charge in [0, 0.05) is 22.1 Å². The first-order valence-corrected chi connectivity index (χ1v) is 9.32. The minimum atomic E-state index is -2.99. The van der Waals surface area contributed by atoms with Crippen molar-refractivity contribution in [3.8, 4) is 5.75 Å². The van der Waals surface area contributed by atoms with Crippen molar-refractivity contribution in [2.45, 2.75) is 18.1 Å². The van der Waals surface area contributed by atoms with Gasteiger partial charge in [0.05, 0.1) is 17.6 Å². The molecule has 4 rings (SSSR count). The number of hydrogen-bond acceptors (Lipinski definition) is 10. The number of hydrogen-bond donors (Lipinski definition) is 7. The van der Waals surface area contributed by atoms with E-state index in [0.717, 1.165) is 6.07 Å². The lowest BCUT2D eigenvalue weighted by Gasteiger charge is -2.46. The fourth-order valence-electron chi connectivity index (χ4n) is 4.64. The average Bonchev–Trinajstić information content (AvgIpc) is 2.70. The molecule has 3 aliphatic carbocycles. The summed E-state index contributed by atoms with van der Waals surface area (Å²) < 4.78 is 0. The highest BCUT2D eigenvalue weighted by Gasteiger charge is 2.65. The van der Waals surface area contributed by atoms with Crippen molar-refractivity contribution >= 4 is 40.5 Å². The fourth-order valence-corrected chi connectivity index (χ4v) is 4.91. The van der Waals surface area contributed by atoms with Crippen LogP contribution >= 0.6 is 11.6 Å². The quantitative estimate of drug-likeness (QED) is 0.127. The number of allylic oxidation sites excluding steroid dienone is 1. The summed E-state index contributed by atoms with van der Waals surface area (Å²) in [5, 5.41) is 56.7. The first-order valence-electron chi connectivity index (χ1n) is 8.94. The molecule has 3 aliphatic rings. The molecule has 0 bridgehead atoms. The summed E-state index contributed by atoms with van der Waals surface area (Å²) in [5.41, 5.74) is -0.406. The van der Waals surface area contributed by atoms with Crippen LogP contribution in [0.2, 0.25) is 5.02 Å². The van der Waals surface area contributed by atoms with E-state index < -0.39 is 81.6 Å². The van der Waals surface area contributed by atoms with E-state index in [1.807, 2.05) is 0 Å². The Morgan fingerprint density at radius 2 is 1.81 bits per heavy atom. The zero-order valence-electron chi connectivity index (χ0n) is 15.5. The number of benzene rings is 1. The van der Waals surface area contributed by atoms with Crippen LogP contribution in [0.3, 0.4) is 0 Å². The highest BCUT2D eigenvalue weighted by atomic mass is 35.5. The van der Waals surface area contributed by atoms with Gasteiger partial charge < -0.3 is 37.1 Å². The Kier molecular flexibility index (Phi) is 4.40. The number of nitrogens with zero attached hydrogens (tertiary/aromatic N) is 1. The summed E-state index contributed by atoms with van der Waals surface area (Å²) in [6, 6.07) is 2.41. The maximum atomic E-state index is 13.4. The van der Waals surface area contributed by atoms with Crippen LogP contribution in [0.5, 0.6) is 5.75 Å². The summed E-state index contributed by atoms with van der Waals surface area (Å²) in [5.74, 6) is -4.03. The van der Waals surface area contributed by atoms with Gasteiger partial charge in [0.2, 0.25) is 11.6 Å². The lowest BCUT2D eigenvalue weighted by Crippen LogP contribution is -2.64. The van der Waals surface area contributed by atoms with Crippen LogP contribution in [0.4, 0.5) is 0 Å². The van der Waals surface area contributed by atoms with Gasteiger partial charge in [-0.2, -0.15) is 5.10 Å². The van der Waals surface area contributed by atoms with E-state index in [0.29, 0.717) is 0 Å². The lowest BCUT2D eigenvalue weighted by molar-refractivity contribution is -0.155. The number of fused-ring (bicyclic) bond motifs is 3. The number of phenolic OH excluding ortho intramolecular Hbond substituents is 1. The second-order valence-electron chi connectivity index (χ2n) is 7.48. The Morgan fingerprint density at radius 1 is 1.16 bits per heavy atom. The van der Waals surface area contributed by atoms with Gasteiger partial charge in [0.15, 0.2) is 11.4 Å². The highest BCUT2D eigenvalue weighted by molar-refractivity contribution is 6.38. The molecule has 0 radical (unpaired) electrons. The Balaban J connectivity index is 2.02. The maximum absolute atomic E-state index is 13.4. The van der Waals surface area contributed by atoms with E-state index in [-0.39, 0.29) is 16.1 Å². The van der Waals surface area contributed by atoms with Crippen LogP contribution in [0.25, 0.3) is 5.76 Å². The number of aliphatic hydroxyl groups is 4. The van der Waals surface area contributed by atoms with E-state index in [4.69, 9.17) is 23.2 Å². The third-order valence-corrected chi connectivity index (χ3v) is 6.39. The standard InChI is InChI=1S/C19H16ClN3O8/c20-6-1-2-7(24)10-9(6)13(25)4-3-5-12(23-22)15(27)11(18(21)30)17(29)19(5,31)16(28)8(4)14(10)26/h1-2,4-5,13,24-27,31H,3,22H2,(H2,21,30)/t4-,5-,13-,19-/m0/s1. The van der Waals surface area contributed by atoms with Crippen LogP contribution < -0.4 is 11.6 Å². The number of primary amides is 1. The number of nitrogens with two attached hydrogens (primary N) is 2. The minimum absolute atomic E-state index is 0.00891. The number of carbonyl (C=O) groups is 3. The number of amides is 1. The second-order valence-corrected chi connectivity index (χ2v) is 7.89. The van der Waals surface area contributed by atoms with E-state index in [9.17, 15) is 39.9 Å². The zero-order chi connectivity index (χ0) is 23.0. The molecule has 0 unspecified atom stereocenters. The summed E-state index contributed by atoms with van der Waals surface area (Å²) in [7, 11) is 0. The highest BCUT2D eigenvalue weighted by Crippen LogP contribution is 2.54. The summed E-state index contributed by atoms with van der Waals surface area (Å²) in [6.07, 6.45) is -1.93. The number of Topliss-reactive ketones (excluding diaryl/α,β-unsaturated/α-hetero) is 2. The third kappa shape index (κ3) is 2.42. The SMILES string of the molecule is NN=C1C(O)=C(C(N)=O)C(=O)[C@@]2(O)C(=O)C3=C(O)c4c(O)ccc(Cl)c4[C@@H](O)[C@H]3C[C@@H]12. The normalized spacial score (nSPS) is 31.5. The number of aromatic hydroxyl groups is 1. The maximum Gasteiger partial charge on any atom is 0.256 e.